The maximum Gasteiger partial charge on any atom is 0.186 e. The van der Waals surface area contributed by atoms with Gasteiger partial charge in [0.25, 0.3) is 0 Å². The van der Waals surface area contributed by atoms with Gasteiger partial charge < -0.3 is 4.90 Å². The van der Waals surface area contributed by atoms with Crippen molar-refractivity contribution in [3.05, 3.63) is 24.3 Å². The van der Waals surface area contributed by atoms with Crippen molar-refractivity contribution < 1.29 is 0 Å². The molecular weight excluding hydrogens is 252 g/mol. The van der Waals surface area contributed by atoms with Crippen LogP contribution in [-0.2, 0) is 0 Å². The molecule has 2 aromatic rings. The summed E-state index contributed by atoms with van der Waals surface area (Å²) in [4.78, 5) is 7.24. The molecule has 1 saturated heterocycles. The lowest BCUT2D eigenvalue weighted by molar-refractivity contribution is 0.338. The van der Waals surface area contributed by atoms with Crippen molar-refractivity contribution in [2.45, 2.75) is 33.1 Å². The highest BCUT2D eigenvalue weighted by molar-refractivity contribution is 7.22. The van der Waals surface area contributed by atoms with Gasteiger partial charge in [-0.3, -0.25) is 0 Å². The van der Waals surface area contributed by atoms with E-state index in [-0.39, 0.29) is 0 Å². The van der Waals surface area contributed by atoms with Crippen molar-refractivity contribution in [3.8, 4) is 0 Å². The number of fused-ring (bicyclic) bond motifs is 1. The number of rotatable bonds is 3. The fraction of sp³-hybridized carbons (Fsp3) is 0.562. The van der Waals surface area contributed by atoms with Crippen LogP contribution in [0.25, 0.3) is 10.2 Å². The number of aromatic nitrogens is 1. The van der Waals surface area contributed by atoms with E-state index in [1.165, 1.54) is 42.2 Å². The average Bonchev–Trinajstić information content (AvgIpc) is 2.82. The second-order valence-corrected chi connectivity index (χ2v) is 7.03. The number of thiazole rings is 1. The van der Waals surface area contributed by atoms with Gasteiger partial charge in [0.15, 0.2) is 5.13 Å². The molecule has 0 N–H and O–H groups in total. The van der Waals surface area contributed by atoms with Crippen LogP contribution in [0.1, 0.15) is 33.1 Å². The number of para-hydroxylation sites is 1. The fourth-order valence-corrected chi connectivity index (χ4v) is 4.04. The molecule has 0 aliphatic carbocycles. The van der Waals surface area contributed by atoms with Crippen molar-refractivity contribution in [2.75, 3.05) is 18.0 Å². The third-order valence-electron chi connectivity index (χ3n) is 3.97. The molecule has 0 unspecified atom stereocenters. The number of nitrogens with zero attached hydrogens (tertiary/aromatic N) is 2. The summed E-state index contributed by atoms with van der Waals surface area (Å²) in [5.74, 6) is 1.75. The van der Waals surface area contributed by atoms with Gasteiger partial charge in [0, 0.05) is 13.1 Å². The Kier molecular flexibility index (Phi) is 3.74. The second kappa shape index (κ2) is 5.49. The highest BCUT2D eigenvalue weighted by Crippen LogP contribution is 2.32. The Hall–Kier alpha value is -1.09. The summed E-state index contributed by atoms with van der Waals surface area (Å²) in [6.07, 6.45) is 4.04. The van der Waals surface area contributed by atoms with Crippen molar-refractivity contribution in [1.29, 1.82) is 0 Å². The molecule has 19 heavy (non-hydrogen) atoms. The quantitative estimate of drug-likeness (QED) is 0.815. The lowest BCUT2D eigenvalue weighted by Crippen LogP contribution is -2.33. The highest BCUT2D eigenvalue weighted by Gasteiger charge is 2.21. The molecule has 1 aromatic carbocycles. The zero-order valence-corrected chi connectivity index (χ0v) is 12.6. The maximum atomic E-state index is 4.77. The molecule has 1 fully saturated rings. The van der Waals surface area contributed by atoms with Gasteiger partial charge in [-0.05, 0) is 43.2 Å². The largest absolute Gasteiger partial charge is 0.348 e. The molecule has 0 amide bonds. The van der Waals surface area contributed by atoms with Crippen LogP contribution < -0.4 is 4.90 Å². The molecule has 0 radical (unpaired) electrons. The smallest absolute Gasteiger partial charge is 0.186 e. The van der Waals surface area contributed by atoms with Gasteiger partial charge >= 0.3 is 0 Å². The predicted octanol–water partition coefficient (Wildman–Crippen LogP) is 4.56. The van der Waals surface area contributed by atoms with E-state index in [9.17, 15) is 0 Å². The summed E-state index contributed by atoms with van der Waals surface area (Å²) >= 11 is 1.83. The molecule has 0 bridgehead atoms. The number of hydrogen-bond donors (Lipinski definition) is 0. The Balaban J connectivity index is 1.68. The highest BCUT2D eigenvalue weighted by atomic mass is 32.1. The summed E-state index contributed by atoms with van der Waals surface area (Å²) in [6.45, 7) is 7.02. The topological polar surface area (TPSA) is 16.1 Å². The first-order valence-corrected chi connectivity index (χ1v) is 8.14. The maximum absolute atomic E-state index is 4.77. The third kappa shape index (κ3) is 2.92. The molecule has 102 valence electrons. The first kappa shape index (κ1) is 12.9. The van der Waals surface area contributed by atoms with Gasteiger partial charge in [-0.15, -0.1) is 0 Å². The molecular formula is C16H22N2S. The van der Waals surface area contributed by atoms with Gasteiger partial charge in [-0.1, -0.05) is 37.3 Å². The van der Waals surface area contributed by atoms with Crippen LogP contribution in [0.5, 0.6) is 0 Å². The first-order valence-electron chi connectivity index (χ1n) is 7.33. The Morgan fingerprint density at radius 2 is 2.00 bits per heavy atom. The normalized spacial score (nSPS) is 17.5. The van der Waals surface area contributed by atoms with Gasteiger partial charge in [-0.25, -0.2) is 4.98 Å². The minimum Gasteiger partial charge on any atom is -0.348 e. The van der Waals surface area contributed by atoms with Crippen LogP contribution in [0.15, 0.2) is 24.3 Å². The van der Waals surface area contributed by atoms with E-state index >= 15 is 0 Å². The van der Waals surface area contributed by atoms with E-state index in [1.807, 2.05) is 11.3 Å². The molecule has 1 aliphatic rings. The molecule has 0 atom stereocenters. The van der Waals surface area contributed by atoms with Gasteiger partial charge in [0.2, 0.25) is 0 Å². The molecule has 2 nitrogen and oxygen atoms in total. The summed E-state index contributed by atoms with van der Waals surface area (Å²) in [5.41, 5.74) is 1.15. The lowest BCUT2D eigenvalue weighted by Gasteiger charge is -2.32. The predicted molar refractivity (Wildman–Crippen MR) is 84.0 cm³/mol. The van der Waals surface area contributed by atoms with Crippen LogP contribution in [0.3, 0.4) is 0 Å². The summed E-state index contributed by atoms with van der Waals surface area (Å²) in [7, 11) is 0. The van der Waals surface area contributed by atoms with Crippen LogP contribution in [-0.4, -0.2) is 18.1 Å². The standard InChI is InChI=1S/C16H22N2S/c1-12(2)11-13-7-9-18(10-8-13)16-17-14-5-3-4-6-15(14)19-16/h3-6,12-13H,7-11H2,1-2H3. The van der Waals surface area contributed by atoms with Crippen LogP contribution in [0.2, 0.25) is 0 Å². The van der Waals surface area contributed by atoms with Gasteiger partial charge in [0.1, 0.15) is 0 Å². The van der Waals surface area contributed by atoms with Crippen molar-refractivity contribution in [3.63, 3.8) is 0 Å². The number of hydrogen-bond acceptors (Lipinski definition) is 3. The molecule has 3 heteroatoms. The molecule has 2 heterocycles. The Labute approximate surface area is 119 Å². The molecule has 0 saturated carbocycles. The summed E-state index contributed by atoms with van der Waals surface area (Å²) < 4.78 is 1.31. The van der Waals surface area contributed by atoms with E-state index in [0.717, 1.165) is 17.4 Å². The number of benzene rings is 1. The van der Waals surface area contributed by atoms with Crippen LogP contribution in [0, 0.1) is 11.8 Å². The molecule has 1 aromatic heterocycles. The van der Waals surface area contributed by atoms with E-state index in [2.05, 4.69) is 43.0 Å². The first-order chi connectivity index (χ1) is 9.22. The Morgan fingerprint density at radius 3 is 2.68 bits per heavy atom. The van der Waals surface area contributed by atoms with E-state index in [0.29, 0.717) is 0 Å². The Bertz CT molecular complexity index is 505. The van der Waals surface area contributed by atoms with Crippen molar-refractivity contribution in [2.24, 2.45) is 11.8 Å². The van der Waals surface area contributed by atoms with Gasteiger partial charge in [-0.2, -0.15) is 0 Å². The van der Waals surface area contributed by atoms with Crippen LogP contribution in [0.4, 0.5) is 5.13 Å². The van der Waals surface area contributed by atoms with E-state index < -0.39 is 0 Å². The number of anilines is 1. The molecule has 0 spiro atoms. The molecule has 1 aliphatic heterocycles. The van der Waals surface area contributed by atoms with Crippen LogP contribution >= 0.6 is 11.3 Å². The zero-order chi connectivity index (χ0) is 13.2. The molecule has 3 rings (SSSR count). The number of piperidine rings is 1. The second-order valence-electron chi connectivity index (χ2n) is 6.02. The Morgan fingerprint density at radius 1 is 1.26 bits per heavy atom. The lowest BCUT2D eigenvalue weighted by atomic mass is 9.89. The average molecular weight is 274 g/mol. The monoisotopic (exact) mass is 274 g/mol. The fourth-order valence-electron chi connectivity index (χ4n) is 3.02. The van der Waals surface area contributed by atoms with Crippen molar-refractivity contribution in [1.82, 2.24) is 4.98 Å². The van der Waals surface area contributed by atoms with E-state index in [4.69, 9.17) is 4.98 Å². The van der Waals surface area contributed by atoms with E-state index in [1.54, 1.807) is 0 Å². The zero-order valence-electron chi connectivity index (χ0n) is 11.8. The van der Waals surface area contributed by atoms with Crippen molar-refractivity contribution >= 4 is 26.7 Å². The SMILES string of the molecule is CC(C)CC1CCN(c2nc3ccccc3s2)CC1. The third-order valence-corrected chi connectivity index (χ3v) is 5.07. The summed E-state index contributed by atoms with van der Waals surface area (Å²) in [5, 5.41) is 1.21. The summed E-state index contributed by atoms with van der Waals surface area (Å²) in [6, 6.07) is 8.45. The minimum absolute atomic E-state index is 0.832. The van der Waals surface area contributed by atoms with Gasteiger partial charge in [0.05, 0.1) is 10.2 Å². The minimum atomic E-state index is 0.832.